The molecule has 0 radical (unpaired) electrons. The standard InChI is InChI=1S/C15H28N4S/c1-6-8-16-14-9-12(3)17-15(18-14)10-19(4)13(7-2)11-20-5/h9,13H,6-8,10-11H2,1-5H3,(H,16,17,18). The van der Waals surface area contributed by atoms with Crippen molar-refractivity contribution in [2.24, 2.45) is 0 Å². The predicted octanol–water partition coefficient (Wildman–Crippen LogP) is 3.18. The van der Waals surface area contributed by atoms with Crippen molar-refractivity contribution >= 4 is 17.6 Å². The van der Waals surface area contributed by atoms with E-state index in [-0.39, 0.29) is 0 Å². The largest absolute Gasteiger partial charge is 0.370 e. The van der Waals surface area contributed by atoms with Gasteiger partial charge in [0.15, 0.2) is 0 Å². The Morgan fingerprint density at radius 2 is 2.10 bits per heavy atom. The molecule has 0 saturated carbocycles. The summed E-state index contributed by atoms with van der Waals surface area (Å²) in [6.45, 7) is 8.19. The SMILES string of the molecule is CCCNc1cc(C)nc(CN(C)C(CC)CSC)n1. The quantitative estimate of drug-likeness (QED) is 0.758. The molecule has 0 fully saturated rings. The molecule has 0 aromatic carbocycles. The Labute approximate surface area is 127 Å². The Morgan fingerprint density at radius 1 is 1.35 bits per heavy atom. The first-order valence-electron chi connectivity index (χ1n) is 7.38. The Balaban J connectivity index is 2.72. The molecule has 1 rings (SSSR count). The minimum absolute atomic E-state index is 0.584. The fraction of sp³-hybridized carbons (Fsp3) is 0.733. The fourth-order valence-electron chi connectivity index (χ4n) is 2.15. The zero-order valence-electron chi connectivity index (χ0n) is 13.4. The third-order valence-electron chi connectivity index (χ3n) is 3.30. The highest BCUT2D eigenvalue weighted by Crippen LogP contribution is 2.12. The normalized spacial score (nSPS) is 12.7. The van der Waals surface area contributed by atoms with Crippen LogP contribution in [-0.2, 0) is 6.54 Å². The molecule has 0 aliphatic rings. The summed E-state index contributed by atoms with van der Waals surface area (Å²) in [7, 11) is 2.16. The molecule has 0 saturated heterocycles. The first kappa shape index (κ1) is 17.2. The van der Waals surface area contributed by atoms with Crippen molar-refractivity contribution < 1.29 is 0 Å². The van der Waals surface area contributed by atoms with Crippen molar-refractivity contribution in [2.75, 3.05) is 30.9 Å². The summed E-state index contributed by atoms with van der Waals surface area (Å²) in [4.78, 5) is 11.5. The van der Waals surface area contributed by atoms with Gasteiger partial charge in [-0.25, -0.2) is 9.97 Å². The Bertz CT molecular complexity index is 397. The van der Waals surface area contributed by atoms with E-state index >= 15 is 0 Å². The van der Waals surface area contributed by atoms with E-state index < -0.39 is 0 Å². The topological polar surface area (TPSA) is 41.1 Å². The van der Waals surface area contributed by atoms with Crippen LogP contribution >= 0.6 is 11.8 Å². The third kappa shape index (κ3) is 5.67. The van der Waals surface area contributed by atoms with Gasteiger partial charge in [0.1, 0.15) is 11.6 Å². The molecule has 1 N–H and O–H groups in total. The molecule has 0 spiro atoms. The first-order valence-corrected chi connectivity index (χ1v) is 8.77. The number of nitrogens with zero attached hydrogens (tertiary/aromatic N) is 3. The van der Waals surface area contributed by atoms with Crippen molar-refractivity contribution in [3.63, 3.8) is 0 Å². The van der Waals surface area contributed by atoms with E-state index in [2.05, 4.69) is 47.3 Å². The Kier molecular flexibility index (Phi) is 7.92. The van der Waals surface area contributed by atoms with Gasteiger partial charge in [-0.3, -0.25) is 4.90 Å². The van der Waals surface area contributed by atoms with Gasteiger partial charge in [-0.1, -0.05) is 13.8 Å². The molecule has 20 heavy (non-hydrogen) atoms. The van der Waals surface area contributed by atoms with Crippen LogP contribution in [0.3, 0.4) is 0 Å². The lowest BCUT2D eigenvalue weighted by Crippen LogP contribution is -2.33. The molecule has 1 heterocycles. The molecule has 114 valence electrons. The smallest absolute Gasteiger partial charge is 0.144 e. The van der Waals surface area contributed by atoms with Gasteiger partial charge in [-0.15, -0.1) is 0 Å². The van der Waals surface area contributed by atoms with Crippen LogP contribution in [0.5, 0.6) is 0 Å². The molecule has 4 nitrogen and oxygen atoms in total. The number of rotatable bonds is 9. The maximum Gasteiger partial charge on any atom is 0.144 e. The second-order valence-electron chi connectivity index (χ2n) is 5.17. The summed E-state index contributed by atoms with van der Waals surface area (Å²) >= 11 is 1.90. The molecular formula is C15H28N4S. The van der Waals surface area contributed by atoms with Crippen molar-refractivity contribution in [2.45, 2.75) is 46.2 Å². The van der Waals surface area contributed by atoms with Crippen molar-refractivity contribution in [3.8, 4) is 0 Å². The number of hydrogen-bond acceptors (Lipinski definition) is 5. The zero-order valence-corrected chi connectivity index (χ0v) is 14.3. The molecular weight excluding hydrogens is 268 g/mol. The number of hydrogen-bond donors (Lipinski definition) is 1. The summed E-state index contributed by atoms with van der Waals surface area (Å²) in [5.41, 5.74) is 1.03. The van der Waals surface area contributed by atoms with E-state index in [4.69, 9.17) is 0 Å². The molecule has 1 aromatic rings. The fourth-order valence-corrected chi connectivity index (χ4v) is 3.02. The monoisotopic (exact) mass is 296 g/mol. The highest BCUT2D eigenvalue weighted by atomic mass is 32.2. The molecule has 0 bridgehead atoms. The summed E-state index contributed by atoms with van der Waals surface area (Å²) < 4.78 is 0. The minimum atomic E-state index is 0.584. The van der Waals surface area contributed by atoms with Gasteiger partial charge in [-0.2, -0.15) is 11.8 Å². The van der Waals surface area contributed by atoms with Crippen molar-refractivity contribution in [1.82, 2.24) is 14.9 Å². The van der Waals surface area contributed by atoms with Crippen molar-refractivity contribution in [3.05, 3.63) is 17.6 Å². The lowest BCUT2D eigenvalue weighted by atomic mass is 10.2. The second-order valence-corrected chi connectivity index (χ2v) is 6.08. The highest BCUT2D eigenvalue weighted by molar-refractivity contribution is 7.98. The minimum Gasteiger partial charge on any atom is -0.370 e. The number of thioether (sulfide) groups is 1. The van der Waals surface area contributed by atoms with Gasteiger partial charge in [0.25, 0.3) is 0 Å². The van der Waals surface area contributed by atoms with Gasteiger partial charge in [0.2, 0.25) is 0 Å². The van der Waals surface area contributed by atoms with E-state index in [0.717, 1.165) is 49.0 Å². The van der Waals surface area contributed by atoms with Crippen molar-refractivity contribution in [1.29, 1.82) is 0 Å². The van der Waals surface area contributed by atoms with E-state index in [1.54, 1.807) is 0 Å². The second kappa shape index (κ2) is 9.19. The van der Waals surface area contributed by atoms with E-state index in [1.807, 2.05) is 24.8 Å². The Morgan fingerprint density at radius 3 is 2.70 bits per heavy atom. The molecule has 0 aliphatic carbocycles. The first-order chi connectivity index (χ1) is 9.60. The van der Waals surface area contributed by atoms with Gasteiger partial charge < -0.3 is 5.32 Å². The van der Waals surface area contributed by atoms with Crippen LogP contribution in [0.4, 0.5) is 5.82 Å². The third-order valence-corrected chi connectivity index (χ3v) is 4.02. The average molecular weight is 296 g/mol. The molecule has 1 aromatic heterocycles. The van der Waals surface area contributed by atoms with Crippen LogP contribution in [-0.4, -0.2) is 46.5 Å². The lowest BCUT2D eigenvalue weighted by Gasteiger charge is -2.26. The van der Waals surface area contributed by atoms with Crippen LogP contribution < -0.4 is 5.32 Å². The van der Waals surface area contributed by atoms with Crippen LogP contribution in [0.25, 0.3) is 0 Å². The lowest BCUT2D eigenvalue weighted by molar-refractivity contribution is 0.242. The molecule has 1 unspecified atom stereocenters. The number of aryl methyl sites for hydroxylation is 1. The molecule has 0 amide bonds. The average Bonchev–Trinajstić information content (AvgIpc) is 2.41. The van der Waals surface area contributed by atoms with E-state index in [1.165, 1.54) is 0 Å². The summed E-state index contributed by atoms with van der Waals surface area (Å²) in [6.07, 6.45) is 4.42. The Hall–Kier alpha value is -0.810. The van der Waals surface area contributed by atoms with Gasteiger partial charge >= 0.3 is 0 Å². The summed E-state index contributed by atoms with van der Waals surface area (Å²) in [6, 6.07) is 2.60. The molecule has 1 atom stereocenters. The van der Waals surface area contributed by atoms with Gasteiger partial charge in [0, 0.05) is 30.1 Å². The van der Waals surface area contributed by atoms with E-state index in [0.29, 0.717) is 6.04 Å². The zero-order chi connectivity index (χ0) is 15.0. The molecule has 0 aliphatic heterocycles. The van der Waals surface area contributed by atoms with Crippen LogP contribution in [0, 0.1) is 6.92 Å². The maximum atomic E-state index is 4.62. The number of nitrogens with one attached hydrogen (secondary N) is 1. The van der Waals surface area contributed by atoms with Crippen LogP contribution in [0.1, 0.15) is 38.2 Å². The van der Waals surface area contributed by atoms with Crippen LogP contribution in [0.2, 0.25) is 0 Å². The summed E-state index contributed by atoms with van der Waals surface area (Å²) in [5.74, 6) is 3.01. The van der Waals surface area contributed by atoms with Crippen LogP contribution in [0.15, 0.2) is 6.07 Å². The van der Waals surface area contributed by atoms with Gasteiger partial charge in [0.05, 0.1) is 6.54 Å². The van der Waals surface area contributed by atoms with E-state index in [9.17, 15) is 0 Å². The maximum absolute atomic E-state index is 4.62. The van der Waals surface area contributed by atoms with Gasteiger partial charge in [-0.05, 0) is 33.1 Å². The molecule has 5 heteroatoms. The summed E-state index contributed by atoms with van der Waals surface area (Å²) in [5, 5.41) is 3.34. The number of aromatic nitrogens is 2. The highest BCUT2D eigenvalue weighted by Gasteiger charge is 2.14. The number of anilines is 1. The predicted molar refractivity (Wildman–Crippen MR) is 89.5 cm³/mol.